The summed E-state index contributed by atoms with van der Waals surface area (Å²) in [6, 6.07) is 12.8. The third kappa shape index (κ3) is 6.09. The third-order valence-electron chi connectivity index (χ3n) is 7.59. The van der Waals surface area contributed by atoms with Crippen LogP contribution < -0.4 is 21.1 Å². The lowest BCUT2D eigenvalue weighted by molar-refractivity contribution is 0.0594. The van der Waals surface area contributed by atoms with Crippen molar-refractivity contribution in [3.63, 3.8) is 0 Å². The van der Waals surface area contributed by atoms with E-state index in [1.165, 1.54) is 7.11 Å². The molecule has 2 aromatic heterocycles. The summed E-state index contributed by atoms with van der Waals surface area (Å²) in [5, 5.41) is 7.92. The smallest absolute Gasteiger partial charge is 0.357 e. The van der Waals surface area contributed by atoms with E-state index in [0.717, 1.165) is 39.1 Å². The molecule has 1 aliphatic rings. The molecule has 0 unspecified atom stereocenters. The molecule has 0 saturated carbocycles. The van der Waals surface area contributed by atoms with Gasteiger partial charge in [-0.3, -0.25) is 9.59 Å². The van der Waals surface area contributed by atoms with Crippen molar-refractivity contribution in [1.29, 1.82) is 0 Å². The Hall–Kier alpha value is -4.54. The van der Waals surface area contributed by atoms with Gasteiger partial charge in [0.25, 0.3) is 11.8 Å². The number of methoxy groups -OCH3 is 1. The number of carbonyl (C=O) groups is 3. The van der Waals surface area contributed by atoms with Gasteiger partial charge in [0.1, 0.15) is 17.5 Å². The maximum Gasteiger partial charge on any atom is 0.357 e. The van der Waals surface area contributed by atoms with Crippen molar-refractivity contribution in [2.75, 3.05) is 19.0 Å². The summed E-state index contributed by atoms with van der Waals surface area (Å²) < 4.78 is 11.4. The van der Waals surface area contributed by atoms with Gasteiger partial charge in [-0.1, -0.05) is 19.1 Å². The second kappa shape index (κ2) is 13.0. The first-order chi connectivity index (χ1) is 21.1. The average molecular weight is 613 g/mol. The molecule has 44 heavy (non-hydrogen) atoms. The van der Waals surface area contributed by atoms with Crippen molar-refractivity contribution in [2.24, 2.45) is 5.73 Å². The number of nitrogens with two attached hydrogens (primary N) is 1. The number of thiophene rings is 1. The van der Waals surface area contributed by atoms with Gasteiger partial charge in [-0.2, -0.15) is 0 Å². The topological polar surface area (TPSA) is 133 Å². The number of hydrogen-bond donors (Lipinski definition) is 3. The van der Waals surface area contributed by atoms with Crippen molar-refractivity contribution in [3.8, 4) is 27.3 Å². The molecular weight excluding hydrogens is 576 g/mol. The number of benzene rings is 2. The Morgan fingerprint density at radius 2 is 1.80 bits per heavy atom. The van der Waals surface area contributed by atoms with E-state index in [1.807, 2.05) is 51.3 Å². The van der Waals surface area contributed by atoms with Crippen LogP contribution in [0, 0.1) is 13.8 Å². The van der Waals surface area contributed by atoms with Crippen LogP contribution in [-0.4, -0.2) is 42.5 Å². The number of fused-ring (bicyclic) bond motifs is 3. The molecule has 1 aliphatic heterocycles. The molecule has 10 heteroatoms. The first-order valence-electron chi connectivity index (χ1n) is 14.6. The molecule has 1 atom stereocenters. The molecule has 4 aromatic rings. The SMILES string of the molecule is CCCNC(=O)c1ccc(-c2cc3c(cc2C(=O)Nc2c(C)cc(CN)cc2C)-c2sccc2C[C@@H](C)O3)c(C(=O)OC)n1. The third-order valence-corrected chi connectivity index (χ3v) is 8.58. The minimum absolute atomic E-state index is 0.0719. The molecular formula is C34H36N4O5S. The van der Waals surface area contributed by atoms with Crippen LogP contribution in [0.25, 0.3) is 21.6 Å². The summed E-state index contributed by atoms with van der Waals surface area (Å²) in [4.78, 5) is 45.5. The largest absolute Gasteiger partial charge is 0.490 e. The number of amides is 2. The fourth-order valence-electron chi connectivity index (χ4n) is 5.50. The minimum Gasteiger partial charge on any atom is -0.490 e. The van der Waals surface area contributed by atoms with E-state index >= 15 is 0 Å². The van der Waals surface area contributed by atoms with Gasteiger partial charge in [-0.25, -0.2) is 9.78 Å². The van der Waals surface area contributed by atoms with E-state index in [1.54, 1.807) is 29.5 Å². The van der Waals surface area contributed by atoms with Crippen LogP contribution in [0.15, 0.2) is 47.8 Å². The number of aryl methyl sites for hydroxylation is 2. The molecule has 9 nitrogen and oxygen atoms in total. The second-order valence-electron chi connectivity index (χ2n) is 10.9. The van der Waals surface area contributed by atoms with Gasteiger partial charge in [-0.15, -0.1) is 11.3 Å². The summed E-state index contributed by atoms with van der Waals surface area (Å²) >= 11 is 1.59. The predicted octanol–water partition coefficient (Wildman–Crippen LogP) is 6.05. The number of hydrogen-bond acceptors (Lipinski definition) is 8. The van der Waals surface area contributed by atoms with Crippen LogP contribution in [0.1, 0.15) is 73.9 Å². The van der Waals surface area contributed by atoms with Gasteiger partial charge in [0.05, 0.1) is 7.11 Å². The standard InChI is InChI=1S/C34H36N4O5S/c1-6-10-36-33(40)27-8-7-23(30(37-27)34(41)42-5)24-16-28-26(31-22(9-11-44-31)14-20(4)43-28)15-25(24)32(39)38-29-18(2)12-21(17-35)13-19(29)3/h7-9,11-13,15-16,20H,6,10,14,17,35H2,1-5H3,(H,36,40)(H,38,39)/t20-/m1/s1. The van der Waals surface area contributed by atoms with Crippen molar-refractivity contribution < 1.29 is 23.9 Å². The number of pyridine rings is 1. The fourth-order valence-corrected chi connectivity index (χ4v) is 6.46. The van der Waals surface area contributed by atoms with E-state index < -0.39 is 11.9 Å². The number of nitrogens with one attached hydrogen (secondary N) is 2. The number of esters is 1. The highest BCUT2D eigenvalue weighted by Gasteiger charge is 2.28. The molecule has 0 saturated heterocycles. The van der Waals surface area contributed by atoms with E-state index in [9.17, 15) is 14.4 Å². The quantitative estimate of drug-likeness (QED) is 0.206. The maximum atomic E-state index is 14.2. The number of rotatable bonds is 8. The van der Waals surface area contributed by atoms with Gasteiger partial charge >= 0.3 is 5.97 Å². The lowest BCUT2D eigenvalue weighted by Crippen LogP contribution is -2.26. The number of carbonyl (C=O) groups excluding carboxylic acids is 3. The zero-order chi connectivity index (χ0) is 31.5. The van der Waals surface area contributed by atoms with Crippen molar-refractivity contribution in [2.45, 2.75) is 53.2 Å². The molecule has 0 spiro atoms. The minimum atomic E-state index is -0.731. The Morgan fingerprint density at radius 3 is 2.48 bits per heavy atom. The van der Waals surface area contributed by atoms with Crippen LogP contribution in [0.2, 0.25) is 0 Å². The lowest BCUT2D eigenvalue weighted by Gasteiger charge is -2.20. The number of nitrogens with zero attached hydrogens (tertiary/aromatic N) is 1. The highest BCUT2D eigenvalue weighted by Crippen LogP contribution is 2.44. The zero-order valence-corrected chi connectivity index (χ0v) is 26.3. The number of anilines is 1. The second-order valence-corrected chi connectivity index (χ2v) is 11.8. The Balaban J connectivity index is 1.71. The monoisotopic (exact) mass is 612 g/mol. The molecule has 0 fully saturated rings. The molecule has 2 amide bonds. The Labute approximate surface area is 260 Å². The Kier molecular flexibility index (Phi) is 9.12. The summed E-state index contributed by atoms with van der Waals surface area (Å²) in [6.07, 6.45) is 1.35. The first-order valence-corrected chi connectivity index (χ1v) is 15.4. The molecule has 2 aromatic carbocycles. The summed E-state index contributed by atoms with van der Waals surface area (Å²) in [6.45, 7) is 8.65. The van der Waals surface area contributed by atoms with Gasteiger partial charge in [0, 0.05) is 52.3 Å². The summed E-state index contributed by atoms with van der Waals surface area (Å²) in [5.41, 5.74) is 12.3. The van der Waals surface area contributed by atoms with Crippen molar-refractivity contribution in [1.82, 2.24) is 10.3 Å². The van der Waals surface area contributed by atoms with Gasteiger partial charge < -0.3 is 25.8 Å². The van der Waals surface area contributed by atoms with E-state index in [0.29, 0.717) is 47.6 Å². The van der Waals surface area contributed by atoms with Gasteiger partial charge in [0.15, 0.2) is 5.69 Å². The van der Waals surface area contributed by atoms with Crippen LogP contribution in [-0.2, 0) is 17.7 Å². The van der Waals surface area contributed by atoms with Crippen molar-refractivity contribution >= 4 is 34.8 Å². The number of aromatic nitrogens is 1. The van der Waals surface area contributed by atoms with E-state index in [4.69, 9.17) is 15.2 Å². The molecule has 0 aliphatic carbocycles. The molecule has 5 rings (SSSR count). The summed E-state index contributed by atoms with van der Waals surface area (Å²) in [5.74, 6) is -0.918. The van der Waals surface area contributed by atoms with Gasteiger partial charge in [0.2, 0.25) is 0 Å². The molecule has 0 bridgehead atoms. The molecule has 228 valence electrons. The highest BCUT2D eigenvalue weighted by molar-refractivity contribution is 7.13. The predicted molar refractivity (Wildman–Crippen MR) is 173 cm³/mol. The van der Waals surface area contributed by atoms with E-state index in [2.05, 4.69) is 21.7 Å². The average Bonchev–Trinajstić information content (AvgIpc) is 3.42. The zero-order valence-electron chi connectivity index (χ0n) is 25.5. The lowest BCUT2D eigenvalue weighted by atomic mass is 9.93. The fraction of sp³-hybridized carbons (Fsp3) is 0.294. The Bertz CT molecular complexity index is 1740. The molecule has 4 N–H and O–H groups in total. The van der Waals surface area contributed by atoms with Crippen LogP contribution in [0.3, 0.4) is 0 Å². The van der Waals surface area contributed by atoms with Crippen molar-refractivity contribution in [3.05, 3.63) is 87.0 Å². The van der Waals surface area contributed by atoms with Crippen LogP contribution >= 0.6 is 11.3 Å². The van der Waals surface area contributed by atoms with Gasteiger partial charge in [-0.05, 0) is 85.2 Å². The maximum absolute atomic E-state index is 14.2. The normalized spacial score (nSPS) is 13.6. The van der Waals surface area contributed by atoms with Crippen LogP contribution in [0.5, 0.6) is 5.75 Å². The van der Waals surface area contributed by atoms with Crippen LogP contribution in [0.4, 0.5) is 5.69 Å². The van der Waals surface area contributed by atoms with E-state index in [-0.39, 0.29) is 23.4 Å². The highest BCUT2D eigenvalue weighted by atomic mass is 32.1. The molecule has 0 radical (unpaired) electrons. The first kappa shape index (κ1) is 30.9. The number of ether oxygens (including phenoxy) is 2. The summed E-state index contributed by atoms with van der Waals surface area (Å²) in [7, 11) is 1.25. The Morgan fingerprint density at radius 1 is 1.05 bits per heavy atom. The molecule has 3 heterocycles.